The van der Waals surface area contributed by atoms with Crippen LogP contribution in [0.25, 0.3) is 0 Å². The van der Waals surface area contributed by atoms with Gasteiger partial charge in [-0.3, -0.25) is 9.69 Å². The van der Waals surface area contributed by atoms with Gasteiger partial charge in [0.2, 0.25) is 0 Å². The molecule has 0 radical (unpaired) electrons. The predicted molar refractivity (Wildman–Crippen MR) is 81.3 cm³/mol. The third kappa shape index (κ3) is 3.20. The van der Waals surface area contributed by atoms with E-state index in [-0.39, 0.29) is 5.91 Å². The van der Waals surface area contributed by atoms with Gasteiger partial charge in [0.25, 0.3) is 5.91 Å². The van der Waals surface area contributed by atoms with Crippen molar-refractivity contribution in [2.45, 2.75) is 19.4 Å². The molecule has 2 rings (SSSR count). The highest BCUT2D eigenvalue weighted by Gasteiger charge is 2.31. The lowest BCUT2D eigenvalue weighted by molar-refractivity contribution is 0.0521. The lowest BCUT2D eigenvalue weighted by atomic mass is 10.0. The monoisotopic (exact) mass is 335 g/mol. The number of carbonyl (C=O) groups is 1. The van der Waals surface area contributed by atoms with Crippen LogP contribution in [0, 0.1) is 11.3 Å². The molecule has 106 valence electrons. The van der Waals surface area contributed by atoms with Crippen LogP contribution in [0.15, 0.2) is 28.7 Å². The third-order valence-corrected chi connectivity index (χ3v) is 4.25. The summed E-state index contributed by atoms with van der Waals surface area (Å²) >= 11 is 3.37. The van der Waals surface area contributed by atoms with Crippen molar-refractivity contribution in [2.24, 2.45) is 0 Å². The molecule has 0 atom stereocenters. The first-order chi connectivity index (χ1) is 9.44. The van der Waals surface area contributed by atoms with Crippen LogP contribution in [0.1, 0.15) is 24.2 Å². The summed E-state index contributed by atoms with van der Waals surface area (Å²) in [4.78, 5) is 16.3. The smallest absolute Gasteiger partial charge is 0.253 e. The second-order valence-corrected chi connectivity index (χ2v) is 6.37. The van der Waals surface area contributed by atoms with E-state index in [0.717, 1.165) is 17.6 Å². The van der Waals surface area contributed by atoms with Crippen molar-refractivity contribution in [1.29, 1.82) is 5.26 Å². The molecule has 1 amide bonds. The zero-order chi connectivity index (χ0) is 14.8. The number of amides is 1. The maximum atomic E-state index is 12.4. The van der Waals surface area contributed by atoms with Gasteiger partial charge in [-0.25, -0.2) is 0 Å². The van der Waals surface area contributed by atoms with Crippen molar-refractivity contribution < 1.29 is 4.79 Å². The number of benzene rings is 1. The zero-order valence-electron chi connectivity index (χ0n) is 11.8. The van der Waals surface area contributed by atoms with Crippen molar-refractivity contribution in [3.05, 3.63) is 34.3 Å². The summed E-state index contributed by atoms with van der Waals surface area (Å²) in [6.45, 7) is 6.64. The molecule has 0 spiro atoms. The number of rotatable bonds is 2. The largest absolute Gasteiger partial charge is 0.336 e. The maximum Gasteiger partial charge on any atom is 0.253 e. The zero-order valence-corrected chi connectivity index (χ0v) is 13.4. The van der Waals surface area contributed by atoms with Crippen LogP contribution in [-0.4, -0.2) is 47.4 Å². The first kappa shape index (κ1) is 15.0. The number of hydrogen-bond donors (Lipinski definition) is 0. The fourth-order valence-corrected chi connectivity index (χ4v) is 2.58. The average Bonchev–Trinajstić information content (AvgIpc) is 2.47. The quantitative estimate of drug-likeness (QED) is 0.834. The third-order valence-electron chi connectivity index (χ3n) is 3.72. The van der Waals surface area contributed by atoms with E-state index >= 15 is 0 Å². The summed E-state index contributed by atoms with van der Waals surface area (Å²) in [5.41, 5.74) is 0.244. The minimum Gasteiger partial charge on any atom is -0.336 e. The second kappa shape index (κ2) is 5.94. The molecule has 1 aliphatic heterocycles. The first-order valence-electron chi connectivity index (χ1n) is 6.65. The fourth-order valence-electron chi connectivity index (χ4n) is 2.31. The van der Waals surface area contributed by atoms with Crippen LogP contribution < -0.4 is 0 Å². The number of nitrogens with zero attached hydrogens (tertiary/aromatic N) is 3. The fraction of sp³-hybridized carbons (Fsp3) is 0.467. The molecule has 1 fully saturated rings. The van der Waals surface area contributed by atoms with Crippen molar-refractivity contribution in [3.63, 3.8) is 0 Å². The van der Waals surface area contributed by atoms with Crippen molar-refractivity contribution >= 4 is 21.8 Å². The number of halogens is 1. The van der Waals surface area contributed by atoms with Crippen LogP contribution in [0.2, 0.25) is 0 Å². The van der Waals surface area contributed by atoms with Crippen LogP contribution >= 0.6 is 15.9 Å². The van der Waals surface area contributed by atoms with E-state index in [2.05, 4.69) is 26.9 Å². The molecule has 0 aromatic heterocycles. The van der Waals surface area contributed by atoms with E-state index in [9.17, 15) is 4.79 Å². The van der Waals surface area contributed by atoms with Crippen LogP contribution in [0.5, 0.6) is 0 Å². The number of carbonyl (C=O) groups excluding carboxylic acids is 1. The lowest BCUT2D eigenvalue weighted by Crippen LogP contribution is -2.55. The van der Waals surface area contributed by atoms with Gasteiger partial charge in [-0.1, -0.05) is 15.9 Å². The molecule has 1 heterocycles. The van der Waals surface area contributed by atoms with Gasteiger partial charge in [0.1, 0.15) is 5.54 Å². The molecule has 0 N–H and O–H groups in total. The molecule has 4 nitrogen and oxygen atoms in total. The van der Waals surface area contributed by atoms with Crippen molar-refractivity contribution in [2.75, 3.05) is 26.2 Å². The van der Waals surface area contributed by atoms with E-state index in [1.54, 1.807) is 0 Å². The van der Waals surface area contributed by atoms with Gasteiger partial charge in [0.05, 0.1) is 6.07 Å². The van der Waals surface area contributed by atoms with Crippen molar-refractivity contribution in [3.8, 4) is 6.07 Å². The van der Waals surface area contributed by atoms with Gasteiger partial charge >= 0.3 is 0 Å². The summed E-state index contributed by atoms with van der Waals surface area (Å²) in [5, 5.41) is 9.15. The van der Waals surface area contributed by atoms with E-state index in [1.165, 1.54) is 0 Å². The molecular weight excluding hydrogens is 318 g/mol. The van der Waals surface area contributed by atoms with E-state index in [0.29, 0.717) is 18.7 Å². The minimum atomic E-state index is -0.466. The van der Waals surface area contributed by atoms with Crippen LogP contribution in [-0.2, 0) is 0 Å². The van der Waals surface area contributed by atoms with Gasteiger partial charge in [0, 0.05) is 36.2 Å². The van der Waals surface area contributed by atoms with E-state index in [1.807, 2.05) is 43.0 Å². The molecule has 0 saturated carbocycles. The highest BCUT2D eigenvalue weighted by Crippen LogP contribution is 2.18. The van der Waals surface area contributed by atoms with Gasteiger partial charge < -0.3 is 4.90 Å². The predicted octanol–water partition coefficient (Wildman–Crippen LogP) is 2.51. The maximum absolute atomic E-state index is 12.4. The lowest BCUT2D eigenvalue weighted by Gasteiger charge is -2.40. The summed E-state index contributed by atoms with van der Waals surface area (Å²) in [6.07, 6.45) is 0. The Balaban J connectivity index is 1.99. The Hall–Kier alpha value is -1.38. The molecule has 1 aromatic rings. The number of hydrogen-bond acceptors (Lipinski definition) is 3. The summed E-state index contributed by atoms with van der Waals surface area (Å²) in [5.74, 6) is 0.0620. The van der Waals surface area contributed by atoms with Gasteiger partial charge in [0.15, 0.2) is 0 Å². The van der Waals surface area contributed by atoms with Gasteiger partial charge in [-0.05, 0) is 38.1 Å². The molecule has 1 aromatic carbocycles. The number of nitriles is 1. The van der Waals surface area contributed by atoms with Gasteiger partial charge in [-0.2, -0.15) is 5.26 Å². The SMILES string of the molecule is CC(C)(C#N)N1CCN(C(=O)c2ccc(Br)cc2)CC1. The second-order valence-electron chi connectivity index (χ2n) is 5.46. The summed E-state index contributed by atoms with van der Waals surface area (Å²) < 4.78 is 0.967. The number of piperazine rings is 1. The molecule has 0 bridgehead atoms. The Kier molecular flexibility index (Phi) is 4.46. The van der Waals surface area contributed by atoms with E-state index in [4.69, 9.17) is 5.26 Å². The standard InChI is InChI=1S/C15H18BrN3O/c1-15(2,11-17)19-9-7-18(8-10-19)14(20)12-3-5-13(16)6-4-12/h3-6H,7-10H2,1-2H3. The highest BCUT2D eigenvalue weighted by molar-refractivity contribution is 9.10. The normalized spacial score (nSPS) is 16.8. The van der Waals surface area contributed by atoms with Crippen molar-refractivity contribution in [1.82, 2.24) is 9.80 Å². The Labute approximate surface area is 128 Å². The molecule has 20 heavy (non-hydrogen) atoms. The van der Waals surface area contributed by atoms with Crippen LogP contribution in [0.3, 0.4) is 0 Å². The molecule has 5 heteroatoms. The van der Waals surface area contributed by atoms with Gasteiger partial charge in [-0.15, -0.1) is 0 Å². The Morgan fingerprint density at radius 1 is 1.20 bits per heavy atom. The summed E-state index contributed by atoms with van der Waals surface area (Å²) in [6, 6.07) is 9.73. The summed E-state index contributed by atoms with van der Waals surface area (Å²) in [7, 11) is 0. The highest BCUT2D eigenvalue weighted by atomic mass is 79.9. The molecule has 1 saturated heterocycles. The minimum absolute atomic E-state index is 0.0620. The molecule has 0 aliphatic carbocycles. The molecule has 1 aliphatic rings. The van der Waals surface area contributed by atoms with E-state index < -0.39 is 5.54 Å². The Bertz CT molecular complexity index is 525. The first-order valence-corrected chi connectivity index (χ1v) is 7.44. The Morgan fingerprint density at radius 3 is 2.25 bits per heavy atom. The topological polar surface area (TPSA) is 47.3 Å². The molecular formula is C15H18BrN3O. The average molecular weight is 336 g/mol. The molecule has 0 unspecified atom stereocenters. The van der Waals surface area contributed by atoms with Crippen LogP contribution in [0.4, 0.5) is 0 Å². The Morgan fingerprint density at radius 2 is 1.75 bits per heavy atom.